The molecule has 21 heavy (non-hydrogen) atoms. The fraction of sp³-hybridized carbons (Fsp3) is 0.235. The molecule has 0 saturated heterocycles. The summed E-state index contributed by atoms with van der Waals surface area (Å²) in [6.07, 6.45) is 0.716. The van der Waals surface area contributed by atoms with Crippen molar-refractivity contribution in [1.29, 1.82) is 0 Å². The number of fused-ring (bicyclic) bond motifs is 1. The Bertz CT molecular complexity index is 789. The molecule has 0 unspecified atom stereocenters. The molecule has 0 saturated carbocycles. The van der Waals surface area contributed by atoms with E-state index in [-0.39, 0.29) is 6.61 Å². The number of aryl methyl sites for hydroxylation is 1. The molecule has 0 aliphatic heterocycles. The molecule has 2 aromatic carbocycles. The summed E-state index contributed by atoms with van der Waals surface area (Å²) in [4.78, 5) is 0. The normalized spacial score (nSPS) is 11.1. The number of aliphatic hydroxyl groups is 1. The Morgan fingerprint density at radius 1 is 0.857 bits per heavy atom. The highest BCUT2D eigenvalue weighted by molar-refractivity contribution is 7.71. The lowest BCUT2D eigenvalue weighted by molar-refractivity contribution is 0.280. The predicted molar refractivity (Wildman–Crippen MR) is 88.0 cm³/mol. The summed E-state index contributed by atoms with van der Waals surface area (Å²) in [5, 5.41) is 9.08. The molecule has 3 aromatic rings. The molecule has 3 nitrogen and oxygen atoms in total. The standard InChI is InChI=1S/C17H18N2OS/c20-12-6-11-18-15-9-4-5-10-16(15)19(17(18)21)13-14-7-2-1-3-8-14/h1-5,7-10,20H,6,11-13H2. The molecule has 0 amide bonds. The van der Waals surface area contributed by atoms with Crippen LogP contribution < -0.4 is 0 Å². The van der Waals surface area contributed by atoms with Crippen molar-refractivity contribution < 1.29 is 5.11 Å². The van der Waals surface area contributed by atoms with Crippen molar-refractivity contribution in [1.82, 2.24) is 9.13 Å². The van der Waals surface area contributed by atoms with Crippen LogP contribution in [0.25, 0.3) is 11.0 Å². The van der Waals surface area contributed by atoms with E-state index in [4.69, 9.17) is 17.3 Å². The van der Waals surface area contributed by atoms with Crippen LogP contribution in [0.15, 0.2) is 54.6 Å². The maximum Gasteiger partial charge on any atom is 0.181 e. The second-order valence-corrected chi connectivity index (χ2v) is 5.44. The zero-order chi connectivity index (χ0) is 14.7. The van der Waals surface area contributed by atoms with Gasteiger partial charge in [0.25, 0.3) is 0 Å². The first-order chi connectivity index (χ1) is 10.3. The first kappa shape index (κ1) is 14.0. The van der Waals surface area contributed by atoms with Crippen LogP contribution in [-0.2, 0) is 13.1 Å². The van der Waals surface area contributed by atoms with Crippen LogP contribution in [0.2, 0.25) is 0 Å². The minimum absolute atomic E-state index is 0.181. The van der Waals surface area contributed by atoms with Gasteiger partial charge in [0.15, 0.2) is 4.77 Å². The lowest BCUT2D eigenvalue weighted by Crippen LogP contribution is -2.04. The molecule has 1 aromatic heterocycles. The number of rotatable bonds is 5. The van der Waals surface area contributed by atoms with E-state index in [2.05, 4.69) is 33.4 Å². The molecule has 0 spiro atoms. The van der Waals surface area contributed by atoms with E-state index in [1.54, 1.807) is 0 Å². The number of aliphatic hydroxyl groups excluding tert-OH is 1. The third-order valence-corrected chi connectivity index (χ3v) is 4.09. The second-order valence-electron chi connectivity index (χ2n) is 5.07. The zero-order valence-electron chi connectivity index (χ0n) is 11.8. The molecule has 0 radical (unpaired) electrons. The van der Waals surface area contributed by atoms with Gasteiger partial charge in [-0.05, 0) is 36.3 Å². The van der Waals surface area contributed by atoms with Crippen molar-refractivity contribution >= 4 is 23.3 Å². The van der Waals surface area contributed by atoms with E-state index in [1.807, 2.05) is 30.3 Å². The summed E-state index contributed by atoms with van der Waals surface area (Å²) in [7, 11) is 0. The average Bonchev–Trinajstić information content (AvgIpc) is 2.79. The quantitative estimate of drug-likeness (QED) is 0.729. The molecule has 0 aliphatic rings. The molecule has 0 bridgehead atoms. The lowest BCUT2D eigenvalue weighted by atomic mass is 10.2. The van der Waals surface area contributed by atoms with Gasteiger partial charge < -0.3 is 14.2 Å². The average molecular weight is 298 g/mol. The van der Waals surface area contributed by atoms with Crippen molar-refractivity contribution in [3.63, 3.8) is 0 Å². The van der Waals surface area contributed by atoms with Crippen molar-refractivity contribution in [2.24, 2.45) is 0 Å². The van der Waals surface area contributed by atoms with Crippen LogP contribution >= 0.6 is 12.2 Å². The highest BCUT2D eigenvalue weighted by atomic mass is 32.1. The predicted octanol–water partition coefficient (Wildman–Crippen LogP) is 3.60. The summed E-state index contributed by atoms with van der Waals surface area (Å²) in [5.74, 6) is 0. The minimum atomic E-state index is 0.181. The van der Waals surface area contributed by atoms with Crippen LogP contribution in [0.3, 0.4) is 0 Å². The monoisotopic (exact) mass is 298 g/mol. The number of hydrogen-bond acceptors (Lipinski definition) is 2. The Morgan fingerprint density at radius 3 is 2.14 bits per heavy atom. The molecule has 3 rings (SSSR count). The smallest absolute Gasteiger partial charge is 0.181 e. The highest BCUT2D eigenvalue weighted by Gasteiger charge is 2.10. The first-order valence-corrected chi connectivity index (χ1v) is 7.55. The summed E-state index contributed by atoms with van der Waals surface area (Å²) in [6.45, 7) is 1.70. The van der Waals surface area contributed by atoms with Gasteiger partial charge in [-0.25, -0.2) is 0 Å². The molecule has 0 aliphatic carbocycles. The van der Waals surface area contributed by atoms with Crippen LogP contribution in [-0.4, -0.2) is 20.8 Å². The number of para-hydroxylation sites is 2. The fourth-order valence-electron chi connectivity index (χ4n) is 2.64. The van der Waals surface area contributed by atoms with Gasteiger partial charge in [-0.1, -0.05) is 42.5 Å². The SMILES string of the molecule is OCCCn1c(=S)n(Cc2ccccc2)c2ccccc21. The molecule has 0 atom stereocenters. The van der Waals surface area contributed by atoms with E-state index in [9.17, 15) is 0 Å². The van der Waals surface area contributed by atoms with E-state index in [1.165, 1.54) is 5.56 Å². The van der Waals surface area contributed by atoms with Gasteiger partial charge in [0.1, 0.15) is 0 Å². The Hall–Kier alpha value is -1.91. The molecular weight excluding hydrogens is 280 g/mol. The Kier molecular flexibility index (Phi) is 4.18. The van der Waals surface area contributed by atoms with E-state index >= 15 is 0 Å². The van der Waals surface area contributed by atoms with Gasteiger partial charge in [0.2, 0.25) is 0 Å². The van der Waals surface area contributed by atoms with Gasteiger partial charge >= 0.3 is 0 Å². The fourth-order valence-corrected chi connectivity index (χ4v) is 2.99. The van der Waals surface area contributed by atoms with Gasteiger partial charge in [-0.2, -0.15) is 0 Å². The number of nitrogens with zero attached hydrogens (tertiary/aromatic N) is 2. The van der Waals surface area contributed by atoms with E-state index < -0.39 is 0 Å². The number of hydrogen-bond donors (Lipinski definition) is 1. The van der Waals surface area contributed by atoms with Crippen LogP contribution in [0.1, 0.15) is 12.0 Å². The Labute approximate surface area is 129 Å². The topological polar surface area (TPSA) is 30.1 Å². The number of benzene rings is 2. The van der Waals surface area contributed by atoms with Crippen molar-refractivity contribution in [2.45, 2.75) is 19.5 Å². The molecule has 1 heterocycles. The molecule has 0 fully saturated rings. The number of aromatic nitrogens is 2. The Morgan fingerprint density at radius 2 is 1.48 bits per heavy atom. The highest BCUT2D eigenvalue weighted by Crippen LogP contribution is 2.19. The second kappa shape index (κ2) is 6.24. The maximum atomic E-state index is 9.08. The molecule has 1 N–H and O–H groups in total. The van der Waals surface area contributed by atoms with Crippen molar-refractivity contribution in [3.8, 4) is 0 Å². The summed E-state index contributed by atoms with van der Waals surface area (Å²) in [6, 6.07) is 18.6. The minimum Gasteiger partial charge on any atom is -0.396 e. The summed E-state index contributed by atoms with van der Waals surface area (Å²) in [5.41, 5.74) is 3.51. The third kappa shape index (κ3) is 2.77. The van der Waals surface area contributed by atoms with Crippen LogP contribution in [0.5, 0.6) is 0 Å². The van der Waals surface area contributed by atoms with Gasteiger partial charge in [0, 0.05) is 13.2 Å². The Balaban J connectivity index is 2.09. The maximum absolute atomic E-state index is 9.08. The lowest BCUT2D eigenvalue weighted by Gasteiger charge is -2.05. The molecular formula is C17H18N2OS. The van der Waals surface area contributed by atoms with Gasteiger partial charge in [-0.15, -0.1) is 0 Å². The summed E-state index contributed by atoms with van der Waals surface area (Å²) < 4.78 is 5.09. The molecule has 108 valence electrons. The summed E-state index contributed by atoms with van der Waals surface area (Å²) >= 11 is 5.65. The van der Waals surface area contributed by atoms with Gasteiger partial charge in [0.05, 0.1) is 17.6 Å². The van der Waals surface area contributed by atoms with Crippen LogP contribution in [0, 0.1) is 4.77 Å². The van der Waals surface area contributed by atoms with Gasteiger partial charge in [-0.3, -0.25) is 0 Å². The largest absolute Gasteiger partial charge is 0.396 e. The third-order valence-electron chi connectivity index (χ3n) is 3.65. The van der Waals surface area contributed by atoms with E-state index in [0.717, 1.165) is 28.9 Å². The van der Waals surface area contributed by atoms with Crippen LogP contribution in [0.4, 0.5) is 0 Å². The van der Waals surface area contributed by atoms with E-state index in [0.29, 0.717) is 6.42 Å². The zero-order valence-corrected chi connectivity index (χ0v) is 12.6. The van der Waals surface area contributed by atoms with Crippen molar-refractivity contribution in [3.05, 3.63) is 64.9 Å². The first-order valence-electron chi connectivity index (χ1n) is 7.14. The van der Waals surface area contributed by atoms with Crippen molar-refractivity contribution in [2.75, 3.05) is 6.61 Å². The number of imidazole rings is 1. The molecule has 4 heteroatoms.